The molecule has 1 aromatic carbocycles. The van der Waals surface area contributed by atoms with Crippen molar-refractivity contribution >= 4 is 21.8 Å². The van der Waals surface area contributed by atoms with Crippen LogP contribution in [0.15, 0.2) is 41.1 Å². The molecule has 0 aliphatic rings. The first kappa shape index (κ1) is 11.9. The zero-order chi connectivity index (χ0) is 12.3. The molecule has 4 heteroatoms. The van der Waals surface area contributed by atoms with E-state index in [1.165, 1.54) is 0 Å². The Balaban J connectivity index is 2.07. The topological polar surface area (TPSA) is 44.9 Å². The molecule has 0 spiro atoms. The van der Waals surface area contributed by atoms with E-state index in [1.807, 2.05) is 43.6 Å². The van der Waals surface area contributed by atoms with E-state index in [4.69, 9.17) is 0 Å². The summed E-state index contributed by atoms with van der Waals surface area (Å²) in [6, 6.07) is 7.56. The van der Waals surface area contributed by atoms with Gasteiger partial charge in [-0.05, 0) is 36.2 Å². The summed E-state index contributed by atoms with van der Waals surface area (Å²) in [4.78, 5) is 14.9. The normalized spacial score (nSPS) is 10.2. The highest BCUT2D eigenvalue weighted by Crippen LogP contribution is 2.19. The van der Waals surface area contributed by atoms with Gasteiger partial charge in [-0.25, -0.2) is 0 Å². The second kappa shape index (κ2) is 5.19. The fraction of sp³-hybridized carbons (Fsp3) is 0.154. The second-order valence-electron chi connectivity index (χ2n) is 3.81. The van der Waals surface area contributed by atoms with Crippen LogP contribution in [0.1, 0.15) is 21.5 Å². The Labute approximate surface area is 108 Å². The zero-order valence-corrected chi connectivity index (χ0v) is 11.0. The first-order valence-electron chi connectivity index (χ1n) is 5.33. The SMILES string of the molecule is Cc1c(Br)cccc1C(=O)NCc1cc[nH]c1. The Morgan fingerprint density at radius 2 is 2.24 bits per heavy atom. The van der Waals surface area contributed by atoms with Crippen LogP contribution in [0, 0.1) is 6.92 Å². The van der Waals surface area contributed by atoms with Gasteiger partial charge in [-0.15, -0.1) is 0 Å². The summed E-state index contributed by atoms with van der Waals surface area (Å²) in [5.41, 5.74) is 2.72. The van der Waals surface area contributed by atoms with Gasteiger partial charge in [-0.1, -0.05) is 22.0 Å². The first-order valence-corrected chi connectivity index (χ1v) is 6.13. The Morgan fingerprint density at radius 3 is 2.94 bits per heavy atom. The Bertz CT molecular complexity index is 520. The van der Waals surface area contributed by atoms with Gasteiger partial charge in [-0.3, -0.25) is 4.79 Å². The number of hydrogen-bond donors (Lipinski definition) is 2. The van der Waals surface area contributed by atoms with Gasteiger partial charge in [0.2, 0.25) is 0 Å². The lowest BCUT2D eigenvalue weighted by Gasteiger charge is -2.08. The van der Waals surface area contributed by atoms with Crippen LogP contribution < -0.4 is 5.32 Å². The van der Waals surface area contributed by atoms with E-state index in [0.29, 0.717) is 12.1 Å². The van der Waals surface area contributed by atoms with E-state index in [2.05, 4.69) is 26.2 Å². The average molecular weight is 293 g/mol. The predicted molar refractivity (Wildman–Crippen MR) is 70.8 cm³/mol. The van der Waals surface area contributed by atoms with Crippen molar-refractivity contribution < 1.29 is 4.79 Å². The maximum absolute atomic E-state index is 12.0. The molecule has 0 bridgehead atoms. The molecule has 3 nitrogen and oxygen atoms in total. The molecular formula is C13H13BrN2O. The summed E-state index contributed by atoms with van der Waals surface area (Å²) in [5.74, 6) is -0.0509. The highest BCUT2D eigenvalue weighted by molar-refractivity contribution is 9.10. The molecule has 0 aliphatic carbocycles. The molecule has 17 heavy (non-hydrogen) atoms. The predicted octanol–water partition coefficient (Wildman–Crippen LogP) is 3.02. The fourth-order valence-corrected chi connectivity index (χ4v) is 1.97. The van der Waals surface area contributed by atoms with E-state index < -0.39 is 0 Å². The molecule has 1 amide bonds. The average Bonchev–Trinajstić information content (AvgIpc) is 2.82. The van der Waals surface area contributed by atoms with E-state index in [1.54, 1.807) is 0 Å². The van der Waals surface area contributed by atoms with E-state index in [0.717, 1.165) is 15.6 Å². The number of amides is 1. The number of rotatable bonds is 3. The maximum Gasteiger partial charge on any atom is 0.251 e. The smallest absolute Gasteiger partial charge is 0.251 e. The molecular weight excluding hydrogens is 280 g/mol. The van der Waals surface area contributed by atoms with Crippen LogP contribution >= 0.6 is 15.9 Å². The number of carbonyl (C=O) groups is 1. The fourth-order valence-electron chi connectivity index (χ4n) is 1.60. The quantitative estimate of drug-likeness (QED) is 0.897. The molecule has 1 heterocycles. The molecule has 0 atom stereocenters. The summed E-state index contributed by atoms with van der Waals surface area (Å²) < 4.78 is 0.951. The number of halogens is 1. The van der Waals surface area contributed by atoms with Gasteiger partial charge < -0.3 is 10.3 Å². The molecule has 0 fully saturated rings. The standard InChI is InChI=1S/C13H13BrN2O/c1-9-11(3-2-4-12(9)14)13(17)16-8-10-5-6-15-7-10/h2-7,15H,8H2,1H3,(H,16,17). The van der Waals surface area contributed by atoms with Crippen molar-refractivity contribution in [3.63, 3.8) is 0 Å². The highest BCUT2D eigenvalue weighted by atomic mass is 79.9. The van der Waals surface area contributed by atoms with E-state index >= 15 is 0 Å². The van der Waals surface area contributed by atoms with Crippen LogP contribution in [0.25, 0.3) is 0 Å². The number of aromatic amines is 1. The van der Waals surface area contributed by atoms with Crippen LogP contribution in [0.2, 0.25) is 0 Å². The van der Waals surface area contributed by atoms with Crippen LogP contribution in [0.4, 0.5) is 0 Å². The third-order valence-electron chi connectivity index (χ3n) is 2.63. The largest absolute Gasteiger partial charge is 0.367 e. The number of benzene rings is 1. The van der Waals surface area contributed by atoms with E-state index in [9.17, 15) is 4.79 Å². The molecule has 2 aromatic rings. The zero-order valence-electron chi connectivity index (χ0n) is 9.46. The molecule has 2 rings (SSSR count). The third-order valence-corrected chi connectivity index (χ3v) is 3.49. The second-order valence-corrected chi connectivity index (χ2v) is 4.67. The minimum Gasteiger partial charge on any atom is -0.367 e. The minimum atomic E-state index is -0.0509. The summed E-state index contributed by atoms with van der Waals surface area (Å²) in [7, 11) is 0. The highest BCUT2D eigenvalue weighted by Gasteiger charge is 2.10. The van der Waals surface area contributed by atoms with Gasteiger partial charge in [-0.2, -0.15) is 0 Å². The molecule has 0 unspecified atom stereocenters. The van der Waals surface area contributed by atoms with Crippen molar-refractivity contribution in [3.05, 3.63) is 57.8 Å². The van der Waals surface area contributed by atoms with Crippen molar-refractivity contribution in [2.75, 3.05) is 0 Å². The number of aromatic nitrogens is 1. The number of carbonyl (C=O) groups excluding carboxylic acids is 1. The summed E-state index contributed by atoms with van der Waals surface area (Å²) in [6.07, 6.45) is 3.71. The molecule has 88 valence electrons. The van der Waals surface area contributed by atoms with Gasteiger partial charge in [0, 0.05) is 29.0 Å². The molecule has 0 aliphatic heterocycles. The van der Waals surface area contributed by atoms with Gasteiger partial charge >= 0.3 is 0 Å². The van der Waals surface area contributed by atoms with Crippen LogP contribution in [-0.4, -0.2) is 10.9 Å². The lowest BCUT2D eigenvalue weighted by atomic mass is 10.1. The van der Waals surface area contributed by atoms with E-state index in [-0.39, 0.29) is 5.91 Å². The Morgan fingerprint density at radius 1 is 1.41 bits per heavy atom. The summed E-state index contributed by atoms with van der Waals surface area (Å²) >= 11 is 3.42. The van der Waals surface area contributed by atoms with Crippen molar-refractivity contribution in [3.8, 4) is 0 Å². The maximum atomic E-state index is 12.0. The number of hydrogen-bond acceptors (Lipinski definition) is 1. The van der Waals surface area contributed by atoms with Crippen molar-refractivity contribution in [1.29, 1.82) is 0 Å². The number of nitrogens with one attached hydrogen (secondary N) is 2. The third kappa shape index (κ3) is 2.77. The molecule has 2 N–H and O–H groups in total. The van der Waals surface area contributed by atoms with Crippen molar-refractivity contribution in [2.45, 2.75) is 13.5 Å². The lowest BCUT2D eigenvalue weighted by molar-refractivity contribution is 0.0950. The summed E-state index contributed by atoms with van der Waals surface area (Å²) in [6.45, 7) is 2.46. The summed E-state index contributed by atoms with van der Waals surface area (Å²) in [5, 5.41) is 2.89. The Hall–Kier alpha value is -1.55. The first-order chi connectivity index (χ1) is 8.18. The molecule has 0 saturated carbocycles. The lowest BCUT2D eigenvalue weighted by Crippen LogP contribution is -2.23. The van der Waals surface area contributed by atoms with Gasteiger partial charge in [0.15, 0.2) is 0 Å². The molecule has 0 saturated heterocycles. The number of H-pyrrole nitrogens is 1. The van der Waals surface area contributed by atoms with Gasteiger partial charge in [0.05, 0.1) is 0 Å². The Kier molecular flexibility index (Phi) is 3.64. The van der Waals surface area contributed by atoms with Crippen LogP contribution in [-0.2, 0) is 6.54 Å². The van der Waals surface area contributed by atoms with Crippen molar-refractivity contribution in [2.24, 2.45) is 0 Å². The monoisotopic (exact) mass is 292 g/mol. The minimum absolute atomic E-state index is 0.0509. The van der Waals surface area contributed by atoms with Crippen LogP contribution in [0.3, 0.4) is 0 Å². The van der Waals surface area contributed by atoms with Crippen LogP contribution in [0.5, 0.6) is 0 Å². The van der Waals surface area contributed by atoms with Gasteiger partial charge in [0.1, 0.15) is 0 Å². The van der Waals surface area contributed by atoms with Crippen molar-refractivity contribution in [1.82, 2.24) is 10.3 Å². The molecule has 1 aromatic heterocycles. The molecule has 0 radical (unpaired) electrons. The van der Waals surface area contributed by atoms with Gasteiger partial charge in [0.25, 0.3) is 5.91 Å².